The first-order valence-electron chi connectivity index (χ1n) is 11.1. The van der Waals surface area contributed by atoms with E-state index in [0.717, 1.165) is 24.1 Å². The van der Waals surface area contributed by atoms with E-state index in [9.17, 15) is 14.7 Å². The zero-order valence-electron chi connectivity index (χ0n) is 18.3. The van der Waals surface area contributed by atoms with E-state index in [0.29, 0.717) is 35.7 Å². The average Bonchev–Trinajstić information content (AvgIpc) is 3.11. The molecule has 2 aliphatic rings. The number of rotatable bonds is 8. The summed E-state index contributed by atoms with van der Waals surface area (Å²) >= 11 is 0. The lowest BCUT2D eigenvalue weighted by molar-refractivity contribution is -0.119. The first kappa shape index (κ1) is 21.2. The number of carbonyl (C=O) groups excluding carboxylic acids is 2. The van der Waals surface area contributed by atoms with Crippen LogP contribution in [-0.4, -0.2) is 51.4 Å². The summed E-state index contributed by atoms with van der Waals surface area (Å²) in [6.45, 7) is 2.96. The van der Waals surface area contributed by atoms with Crippen LogP contribution in [0, 0.1) is 17.8 Å². The van der Waals surface area contributed by atoms with Gasteiger partial charge in [0.1, 0.15) is 11.3 Å². The van der Waals surface area contributed by atoms with Gasteiger partial charge in [0.25, 0.3) is 5.91 Å². The van der Waals surface area contributed by atoms with Crippen molar-refractivity contribution in [3.63, 3.8) is 0 Å². The number of hydrogen-bond acceptors (Lipinski definition) is 7. The molecule has 0 spiro atoms. The molecule has 0 radical (unpaired) electrons. The van der Waals surface area contributed by atoms with Crippen LogP contribution < -0.4 is 20.7 Å². The highest BCUT2D eigenvalue weighted by molar-refractivity contribution is 6.09. The van der Waals surface area contributed by atoms with E-state index in [1.807, 2.05) is 12.1 Å². The fraction of sp³-hybridized carbons (Fsp3) is 0.391. The number of aliphatic hydroxyl groups excluding tert-OH is 1. The number of primary amides is 1. The molecule has 2 aromatic heterocycles. The maximum absolute atomic E-state index is 13.2. The van der Waals surface area contributed by atoms with Crippen molar-refractivity contribution in [3.8, 4) is 5.75 Å². The summed E-state index contributed by atoms with van der Waals surface area (Å²) in [5.41, 5.74) is 8.66. The van der Waals surface area contributed by atoms with Crippen molar-refractivity contribution >= 4 is 28.8 Å². The number of amides is 2. The Morgan fingerprint density at radius 1 is 1.30 bits per heavy atom. The van der Waals surface area contributed by atoms with Crippen LogP contribution in [0.5, 0.6) is 5.75 Å². The molecule has 2 amide bonds. The van der Waals surface area contributed by atoms with E-state index >= 15 is 0 Å². The Hall–Kier alpha value is -3.66. The normalized spacial score (nSPS) is 21.2. The number of aromatic nitrogens is 3. The van der Waals surface area contributed by atoms with Gasteiger partial charge in [0.05, 0.1) is 17.6 Å². The van der Waals surface area contributed by atoms with Gasteiger partial charge in [0.2, 0.25) is 5.91 Å². The molecule has 5 rings (SSSR count). The van der Waals surface area contributed by atoms with Crippen molar-refractivity contribution in [2.75, 3.05) is 30.1 Å². The van der Waals surface area contributed by atoms with Crippen LogP contribution in [0.4, 0.5) is 11.4 Å². The monoisotopic (exact) mass is 450 g/mol. The Balaban J connectivity index is 1.48. The fourth-order valence-corrected chi connectivity index (χ4v) is 4.97. The molecule has 33 heavy (non-hydrogen) atoms. The quantitative estimate of drug-likeness (QED) is 0.442. The van der Waals surface area contributed by atoms with E-state index in [1.165, 1.54) is 6.20 Å². The van der Waals surface area contributed by atoms with Crippen LogP contribution in [0.25, 0.3) is 5.65 Å². The van der Waals surface area contributed by atoms with Crippen LogP contribution in [0.15, 0.2) is 36.8 Å². The van der Waals surface area contributed by atoms with Gasteiger partial charge in [-0.1, -0.05) is 13.3 Å². The molecule has 1 saturated carbocycles. The summed E-state index contributed by atoms with van der Waals surface area (Å²) in [5.74, 6) is 0.400. The van der Waals surface area contributed by atoms with E-state index in [-0.39, 0.29) is 29.6 Å². The lowest BCUT2D eigenvalue weighted by Crippen LogP contribution is -2.29. The van der Waals surface area contributed by atoms with Crippen LogP contribution in [0.3, 0.4) is 0 Å². The molecule has 1 aliphatic heterocycles. The first-order valence-corrected chi connectivity index (χ1v) is 11.1. The zero-order chi connectivity index (χ0) is 23.1. The molecular weight excluding hydrogens is 424 g/mol. The molecule has 1 unspecified atom stereocenters. The van der Waals surface area contributed by atoms with Gasteiger partial charge in [-0.2, -0.15) is 5.10 Å². The van der Waals surface area contributed by atoms with Crippen molar-refractivity contribution in [1.82, 2.24) is 14.6 Å². The highest BCUT2D eigenvalue weighted by Crippen LogP contribution is 2.53. The fourth-order valence-electron chi connectivity index (χ4n) is 4.97. The molecule has 3 heterocycles. The second-order valence-electron chi connectivity index (χ2n) is 8.56. The third-order valence-corrected chi connectivity index (χ3v) is 6.55. The second kappa shape index (κ2) is 8.36. The highest BCUT2D eigenvalue weighted by Gasteiger charge is 2.59. The van der Waals surface area contributed by atoms with E-state index in [1.54, 1.807) is 23.0 Å². The number of ether oxygens (including phenoxy) is 1. The van der Waals surface area contributed by atoms with Crippen molar-refractivity contribution in [3.05, 3.63) is 47.9 Å². The van der Waals surface area contributed by atoms with Crippen LogP contribution in [0.2, 0.25) is 0 Å². The number of fused-ring (bicyclic) bond motifs is 2. The summed E-state index contributed by atoms with van der Waals surface area (Å²) in [7, 11) is 0. The summed E-state index contributed by atoms with van der Waals surface area (Å²) in [5, 5.41) is 16.6. The maximum atomic E-state index is 13.2. The minimum absolute atomic E-state index is 0.0725. The number of nitrogens with two attached hydrogens (primary N) is 1. The smallest absolute Gasteiger partial charge is 0.261 e. The Kier molecular flexibility index (Phi) is 5.37. The van der Waals surface area contributed by atoms with Crippen molar-refractivity contribution in [2.45, 2.75) is 19.8 Å². The van der Waals surface area contributed by atoms with Crippen molar-refractivity contribution in [2.24, 2.45) is 23.5 Å². The number of aliphatic hydroxyl groups is 1. The van der Waals surface area contributed by atoms with Crippen LogP contribution in [-0.2, 0) is 11.2 Å². The number of benzene rings is 1. The molecule has 2 fully saturated rings. The van der Waals surface area contributed by atoms with Crippen molar-refractivity contribution < 1.29 is 19.4 Å². The predicted octanol–water partition coefficient (Wildman–Crippen LogP) is 1.43. The lowest BCUT2D eigenvalue weighted by Gasteiger charge is -2.26. The van der Waals surface area contributed by atoms with Crippen LogP contribution in [0.1, 0.15) is 29.3 Å². The summed E-state index contributed by atoms with van der Waals surface area (Å²) < 4.78 is 7.05. The number of nitrogens with zero attached hydrogens (tertiary/aromatic N) is 4. The second-order valence-corrected chi connectivity index (χ2v) is 8.56. The number of anilines is 2. The molecule has 1 saturated heterocycles. The Morgan fingerprint density at radius 3 is 2.79 bits per heavy atom. The van der Waals surface area contributed by atoms with Gasteiger partial charge in [-0.25, -0.2) is 9.50 Å². The average molecular weight is 450 g/mol. The SMILES string of the molecule is CCCc1cc(NC(=O)c2cnn3cccnc23)c(N2C[C@@H]3C(C(N)=O)[C@@H]3C2)cc1OCO. The largest absolute Gasteiger partial charge is 0.467 e. The Bertz CT molecular complexity index is 1210. The summed E-state index contributed by atoms with van der Waals surface area (Å²) in [4.78, 5) is 31.2. The van der Waals surface area contributed by atoms with Gasteiger partial charge in [0, 0.05) is 37.5 Å². The van der Waals surface area contributed by atoms with Crippen LogP contribution >= 0.6 is 0 Å². The number of piperidine rings is 1. The minimum atomic E-state index is -0.440. The molecule has 3 atom stereocenters. The minimum Gasteiger partial charge on any atom is -0.467 e. The third kappa shape index (κ3) is 3.76. The third-order valence-electron chi connectivity index (χ3n) is 6.55. The van der Waals surface area contributed by atoms with E-state index in [2.05, 4.69) is 27.2 Å². The molecule has 1 aliphatic carbocycles. The molecule has 10 heteroatoms. The Morgan fingerprint density at radius 2 is 2.09 bits per heavy atom. The van der Waals surface area contributed by atoms with Gasteiger partial charge in [-0.3, -0.25) is 9.59 Å². The lowest BCUT2D eigenvalue weighted by atomic mass is 10.1. The number of hydrogen-bond donors (Lipinski definition) is 3. The topological polar surface area (TPSA) is 135 Å². The van der Waals surface area contributed by atoms with E-state index in [4.69, 9.17) is 10.5 Å². The highest BCUT2D eigenvalue weighted by atomic mass is 16.6. The molecule has 172 valence electrons. The first-order chi connectivity index (χ1) is 16.0. The van der Waals surface area contributed by atoms with E-state index < -0.39 is 6.79 Å². The standard InChI is InChI=1S/C23H26N6O4/c1-2-4-13-7-17(27-23(32)14-9-26-29-6-3-5-25-22(14)29)18(8-19(13)33-12-30)28-10-15-16(11-28)20(15)21(24)31/h3,5-9,15-16,20,30H,2,4,10-12H2,1H3,(H2,24,31)(H,27,32)/t15-,16+,20?. The van der Waals surface area contributed by atoms with Crippen molar-refractivity contribution in [1.29, 1.82) is 0 Å². The molecule has 10 nitrogen and oxygen atoms in total. The Labute approximate surface area is 190 Å². The number of carbonyl (C=O) groups is 2. The van der Waals surface area contributed by atoms with Gasteiger partial charge >= 0.3 is 0 Å². The van der Waals surface area contributed by atoms with Gasteiger partial charge < -0.3 is 25.8 Å². The zero-order valence-corrected chi connectivity index (χ0v) is 18.3. The molecule has 1 aromatic carbocycles. The molecule has 3 aromatic rings. The molecular formula is C23H26N6O4. The number of nitrogens with one attached hydrogen (secondary N) is 1. The van der Waals surface area contributed by atoms with Gasteiger partial charge in [-0.05, 0) is 36.0 Å². The summed E-state index contributed by atoms with van der Waals surface area (Å²) in [6.07, 6.45) is 6.45. The molecule has 0 bridgehead atoms. The van der Waals surface area contributed by atoms with Gasteiger partial charge in [-0.15, -0.1) is 0 Å². The summed E-state index contributed by atoms with van der Waals surface area (Å²) in [6, 6.07) is 5.50. The van der Waals surface area contributed by atoms with Gasteiger partial charge in [0.15, 0.2) is 12.4 Å². The maximum Gasteiger partial charge on any atom is 0.261 e. The number of aryl methyl sites for hydroxylation is 1. The predicted molar refractivity (Wildman–Crippen MR) is 121 cm³/mol. The molecule has 4 N–H and O–H groups in total.